The number of hydrogen-bond acceptors (Lipinski definition) is 1. The first-order valence-electron chi connectivity index (χ1n) is 4.59. The van der Waals surface area contributed by atoms with Crippen LogP contribution in [-0.4, -0.2) is 6.10 Å². The van der Waals surface area contributed by atoms with E-state index in [9.17, 15) is 0 Å². The van der Waals surface area contributed by atoms with Crippen LogP contribution in [0.15, 0.2) is 24.3 Å². The van der Waals surface area contributed by atoms with Crippen molar-refractivity contribution in [3.63, 3.8) is 0 Å². The van der Waals surface area contributed by atoms with E-state index in [2.05, 4.69) is 13.8 Å². The van der Waals surface area contributed by atoms with Gasteiger partial charge in [-0.15, -0.1) is 0 Å². The lowest BCUT2D eigenvalue weighted by molar-refractivity contribution is 0.0509. The third-order valence-electron chi connectivity index (χ3n) is 2.06. The van der Waals surface area contributed by atoms with Crippen LogP contribution in [0.25, 0.3) is 0 Å². The summed E-state index contributed by atoms with van der Waals surface area (Å²) in [5.41, 5.74) is 1.06. The summed E-state index contributed by atoms with van der Waals surface area (Å²) in [7, 11) is 0. The van der Waals surface area contributed by atoms with Crippen molar-refractivity contribution in [1.29, 1.82) is 0 Å². The molecule has 0 saturated heterocycles. The molecule has 0 bridgehead atoms. The fourth-order valence-corrected chi connectivity index (χ4v) is 1.16. The first kappa shape index (κ1) is 10.6. The second-order valence-electron chi connectivity index (χ2n) is 3.12. The molecule has 1 rings (SSSR count). The summed E-state index contributed by atoms with van der Waals surface area (Å²) in [6, 6.07) is 7.78. The van der Waals surface area contributed by atoms with Gasteiger partial charge in [-0.25, -0.2) is 0 Å². The van der Waals surface area contributed by atoms with Gasteiger partial charge in [-0.05, 0) is 25.0 Å². The van der Waals surface area contributed by atoms with Crippen LogP contribution in [0.3, 0.4) is 0 Å². The summed E-state index contributed by atoms with van der Waals surface area (Å²) < 4.78 is 5.57. The molecule has 1 aromatic rings. The van der Waals surface area contributed by atoms with Gasteiger partial charge in [0.15, 0.2) is 0 Å². The highest BCUT2D eigenvalue weighted by Crippen LogP contribution is 2.16. The van der Waals surface area contributed by atoms with Crippen molar-refractivity contribution in [2.24, 2.45) is 0 Å². The summed E-state index contributed by atoms with van der Waals surface area (Å²) in [5.74, 6) is 0. The molecule has 0 amide bonds. The third-order valence-corrected chi connectivity index (χ3v) is 2.42. The number of benzene rings is 1. The zero-order valence-corrected chi connectivity index (χ0v) is 8.84. The van der Waals surface area contributed by atoms with Crippen molar-refractivity contribution in [3.8, 4) is 0 Å². The summed E-state index contributed by atoms with van der Waals surface area (Å²) in [6.07, 6.45) is 1.33. The van der Waals surface area contributed by atoms with Gasteiger partial charge >= 0.3 is 0 Å². The molecule has 13 heavy (non-hydrogen) atoms. The SMILES string of the molecule is CCC(C)OCc1ccccc1Cl. The maximum Gasteiger partial charge on any atom is 0.0734 e. The number of rotatable bonds is 4. The molecule has 0 aliphatic heterocycles. The zero-order chi connectivity index (χ0) is 9.68. The Hall–Kier alpha value is -0.530. The van der Waals surface area contributed by atoms with E-state index in [4.69, 9.17) is 16.3 Å². The van der Waals surface area contributed by atoms with Crippen LogP contribution in [0.4, 0.5) is 0 Å². The smallest absolute Gasteiger partial charge is 0.0734 e. The normalized spacial score (nSPS) is 12.8. The van der Waals surface area contributed by atoms with Crippen molar-refractivity contribution < 1.29 is 4.74 Å². The molecule has 0 aromatic heterocycles. The highest BCUT2D eigenvalue weighted by atomic mass is 35.5. The van der Waals surface area contributed by atoms with Gasteiger partial charge in [0.1, 0.15) is 0 Å². The minimum atomic E-state index is 0.302. The van der Waals surface area contributed by atoms with Gasteiger partial charge in [0, 0.05) is 5.02 Å². The van der Waals surface area contributed by atoms with E-state index in [1.54, 1.807) is 0 Å². The largest absolute Gasteiger partial charge is 0.374 e. The lowest BCUT2D eigenvalue weighted by Crippen LogP contribution is -2.06. The van der Waals surface area contributed by atoms with Crippen LogP contribution in [0, 0.1) is 0 Å². The predicted molar refractivity (Wildman–Crippen MR) is 56.0 cm³/mol. The average molecular weight is 199 g/mol. The average Bonchev–Trinajstić information content (AvgIpc) is 2.16. The van der Waals surface area contributed by atoms with Gasteiger partial charge in [0.05, 0.1) is 12.7 Å². The van der Waals surface area contributed by atoms with Crippen molar-refractivity contribution in [2.75, 3.05) is 0 Å². The predicted octanol–water partition coefficient (Wildman–Crippen LogP) is 3.66. The number of halogens is 1. The van der Waals surface area contributed by atoms with Crippen LogP contribution in [0.2, 0.25) is 5.02 Å². The van der Waals surface area contributed by atoms with Crippen LogP contribution < -0.4 is 0 Å². The topological polar surface area (TPSA) is 9.23 Å². The van der Waals surface area contributed by atoms with Gasteiger partial charge in [-0.2, -0.15) is 0 Å². The molecule has 0 heterocycles. The molecule has 0 aliphatic carbocycles. The Kier molecular flexibility index (Phi) is 4.26. The Morgan fingerprint density at radius 2 is 2.08 bits per heavy atom. The second kappa shape index (κ2) is 5.25. The molecule has 0 spiro atoms. The van der Waals surface area contributed by atoms with Crippen molar-refractivity contribution >= 4 is 11.6 Å². The molecule has 0 aliphatic rings. The number of hydrogen-bond donors (Lipinski definition) is 0. The molecule has 1 atom stereocenters. The summed E-state index contributed by atoms with van der Waals surface area (Å²) in [4.78, 5) is 0. The fourth-order valence-electron chi connectivity index (χ4n) is 0.965. The minimum Gasteiger partial charge on any atom is -0.374 e. The lowest BCUT2D eigenvalue weighted by Gasteiger charge is -2.11. The van der Waals surface area contributed by atoms with Gasteiger partial charge in [-0.3, -0.25) is 0 Å². The van der Waals surface area contributed by atoms with E-state index >= 15 is 0 Å². The molecule has 1 unspecified atom stereocenters. The fraction of sp³-hybridized carbons (Fsp3) is 0.455. The van der Waals surface area contributed by atoms with Crippen LogP contribution in [-0.2, 0) is 11.3 Å². The molecule has 0 fully saturated rings. The van der Waals surface area contributed by atoms with Gasteiger partial charge in [0.2, 0.25) is 0 Å². The minimum absolute atomic E-state index is 0.302. The zero-order valence-electron chi connectivity index (χ0n) is 8.09. The van der Waals surface area contributed by atoms with E-state index in [0.29, 0.717) is 12.7 Å². The van der Waals surface area contributed by atoms with E-state index in [1.807, 2.05) is 24.3 Å². The highest BCUT2D eigenvalue weighted by molar-refractivity contribution is 6.31. The lowest BCUT2D eigenvalue weighted by atomic mass is 10.2. The molecule has 0 radical (unpaired) electrons. The summed E-state index contributed by atoms with van der Waals surface area (Å²) in [6.45, 7) is 4.78. The Morgan fingerprint density at radius 1 is 1.38 bits per heavy atom. The maximum absolute atomic E-state index is 5.97. The molecule has 0 N–H and O–H groups in total. The van der Waals surface area contributed by atoms with Crippen LogP contribution >= 0.6 is 11.6 Å². The number of ether oxygens (including phenoxy) is 1. The van der Waals surface area contributed by atoms with Gasteiger partial charge < -0.3 is 4.74 Å². The first-order chi connectivity index (χ1) is 6.24. The Morgan fingerprint density at radius 3 is 2.69 bits per heavy atom. The molecule has 0 saturated carbocycles. The monoisotopic (exact) mass is 198 g/mol. The van der Waals surface area contributed by atoms with Gasteiger partial charge in [0.25, 0.3) is 0 Å². The van der Waals surface area contributed by atoms with E-state index < -0.39 is 0 Å². The van der Waals surface area contributed by atoms with Crippen LogP contribution in [0.5, 0.6) is 0 Å². The Balaban J connectivity index is 2.50. The van der Waals surface area contributed by atoms with Crippen molar-refractivity contribution in [2.45, 2.75) is 33.0 Å². The maximum atomic E-state index is 5.97. The summed E-state index contributed by atoms with van der Waals surface area (Å²) >= 11 is 5.97. The van der Waals surface area contributed by atoms with Gasteiger partial charge in [-0.1, -0.05) is 36.7 Å². The van der Waals surface area contributed by atoms with E-state index in [1.165, 1.54) is 0 Å². The molecule has 2 heteroatoms. The molecular formula is C11H15ClO. The standard InChI is InChI=1S/C11H15ClO/c1-3-9(2)13-8-10-6-4-5-7-11(10)12/h4-7,9H,3,8H2,1-2H3. The van der Waals surface area contributed by atoms with Crippen LogP contribution in [0.1, 0.15) is 25.8 Å². The van der Waals surface area contributed by atoms with E-state index in [0.717, 1.165) is 17.0 Å². The Bertz CT molecular complexity index is 260. The third kappa shape index (κ3) is 3.37. The van der Waals surface area contributed by atoms with E-state index in [-0.39, 0.29) is 0 Å². The molecule has 1 nitrogen and oxygen atoms in total. The highest BCUT2D eigenvalue weighted by Gasteiger charge is 2.01. The molecular weight excluding hydrogens is 184 g/mol. The second-order valence-corrected chi connectivity index (χ2v) is 3.53. The molecule has 1 aromatic carbocycles. The Labute approximate surface area is 84.7 Å². The van der Waals surface area contributed by atoms with Crippen molar-refractivity contribution in [1.82, 2.24) is 0 Å². The summed E-state index contributed by atoms with van der Waals surface area (Å²) in [5, 5.41) is 0.783. The first-order valence-corrected chi connectivity index (χ1v) is 4.96. The van der Waals surface area contributed by atoms with Crippen molar-refractivity contribution in [3.05, 3.63) is 34.9 Å². The quantitative estimate of drug-likeness (QED) is 0.718. The molecule has 72 valence electrons.